The third kappa shape index (κ3) is 3.52. The number of hydrogen-bond acceptors (Lipinski definition) is 3. The Morgan fingerprint density at radius 1 is 1.44 bits per heavy atom. The number of imidazole rings is 1. The Morgan fingerprint density at radius 2 is 2.19 bits per heavy atom. The van der Waals surface area contributed by atoms with Gasteiger partial charge in [-0.25, -0.2) is 4.98 Å². The molecule has 0 bridgehead atoms. The summed E-state index contributed by atoms with van der Waals surface area (Å²) < 4.78 is 7.24. The van der Waals surface area contributed by atoms with E-state index in [1.165, 1.54) is 0 Å². The summed E-state index contributed by atoms with van der Waals surface area (Å²) in [5.41, 5.74) is 0. The molecule has 1 heterocycles. The first-order valence-electron chi connectivity index (χ1n) is 6.09. The second-order valence-corrected chi connectivity index (χ2v) is 3.90. The maximum Gasteiger partial charge on any atom is 0.203 e. The van der Waals surface area contributed by atoms with E-state index in [0.717, 1.165) is 38.4 Å². The molecule has 16 heavy (non-hydrogen) atoms. The van der Waals surface area contributed by atoms with Gasteiger partial charge in [0.25, 0.3) is 0 Å². The minimum absolute atomic E-state index is 0.549. The molecule has 0 aliphatic carbocycles. The van der Waals surface area contributed by atoms with Crippen molar-refractivity contribution in [2.75, 3.05) is 25.6 Å². The average molecular weight is 225 g/mol. The maximum absolute atomic E-state index is 5.01. The highest BCUT2D eigenvalue weighted by Crippen LogP contribution is 2.19. The molecule has 0 saturated heterocycles. The van der Waals surface area contributed by atoms with Crippen molar-refractivity contribution < 1.29 is 4.74 Å². The van der Waals surface area contributed by atoms with Crippen molar-refractivity contribution in [3.05, 3.63) is 12.4 Å². The first kappa shape index (κ1) is 13.0. The topological polar surface area (TPSA) is 39.1 Å². The highest BCUT2D eigenvalue weighted by Gasteiger charge is 2.09. The van der Waals surface area contributed by atoms with Crippen LogP contribution in [0.2, 0.25) is 0 Å². The molecular formula is C12H23N3O. The summed E-state index contributed by atoms with van der Waals surface area (Å²) in [6.07, 6.45) is 7.19. The van der Waals surface area contributed by atoms with Gasteiger partial charge in [-0.05, 0) is 19.3 Å². The zero-order valence-electron chi connectivity index (χ0n) is 10.6. The third-order valence-corrected chi connectivity index (χ3v) is 2.81. The van der Waals surface area contributed by atoms with Crippen molar-refractivity contribution >= 4 is 5.95 Å². The van der Waals surface area contributed by atoms with Crippen LogP contribution in [0.5, 0.6) is 0 Å². The van der Waals surface area contributed by atoms with Crippen LogP contribution in [0.15, 0.2) is 12.4 Å². The van der Waals surface area contributed by atoms with Gasteiger partial charge in [-0.15, -0.1) is 0 Å². The summed E-state index contributed by atoms with van der Waals surface area (Å²) in [6, 6.07) is 0.549. The predicted molar refractivity (Wildman–Crippen MR) is 66.8 cm³/mol. The third-order valence-electron chi connectivity index (χ3n) is 2.81. The van der Waals surface area contributed by atoms with Gasteiger partial charge in [0.2, 0.25) is 5.95 Å². The first-order chi connectivity index (χ1) is 7.83. The zero-order chi connectivity index (χ0) is 11.8. The standard InChI is InChI=1S/C12H23N3O/c1-4-11(5-2)15-9-8-14-12(15)13-7-6-10-16-3/h8-9,11H,4-7,10H2,1-3H3,(H,13,14). The van der Waals surface area contributed by atoms with E-state index in [9.17, 15) is 0 Å². The highest BCUT2D eigenvalue weighted by molar-refractivity contribution is 5.26. The zero-order valence-corrected chi connectivity index (χ0v) is 10.6. The number of nitrogens with zero attached hydrogens (tertiary/aromatic N) is 2. The summed E-state index contributed by atoms with van der Waals surface area (Å²) in [6.45, 7) is 6.12. The van der Waals surface area contributed by atoms with E-state index in [-0.39, 0.29) is 0 Å². The van der Waals surface area contributed by atoms with Gasteiger partial charge in [0.15, 0.2) is 0 Å². The predicted octanol–water partition coefficient (Wildman–Crippen LogP) is 2.69. The van der Waals surface area contributed by atoms with Crippen LogP contribution in [0, 0.1) is 0 Å². The van der Waals surface area contributed by atoms with Crippen LogP contribution in [-0.4, -0.2) is 29.8 Å². The van der Waals surface area contributed by atoms with Crippen LogP contribution in [0.25, 0.3) is 0 Å². The molecule has 0 saturated carbocycles. The van der Waals surface area contributed by atoms with E-state index < -0.39 is 0 Å². The number of rotatable bonds is 8. The number of nitrogens with one attached hydrogen (secondary N) is 1. The Morgan fingerprint density at radius 3 is 2.81 bits per heavy atom. The van der Waals surface area contributed by atoms with Crippen molar-refractivity contribution in [3.63, 3.8) is 0 Å². The van der Waals surface area contributed by atoms with Gasteiger partial charge in [0.1, 0.15) is 0 Å². The fourth-order valence-corrected chi connectivity index (χ4v) is 1.84. The summed E-state index contributed by atoms with van der Waals surface area (Å²) in [5.74, 6) is 0.977. The first-order valence-corrected chi connectivity index (χ1v) is 6.09. The monoisotopic (exact) mass is 225 g/mol. The molecule has 1 aromatic heterocycles. The summed E-state index contributed by atoms with van der Waals surface area (Å²) in [4.78, 5) is 4.34. The van der Waals surface area contributed by atoms with E-state index in [1.807, 2.05) is 6.20 Å². The van der Waals surface area contributed by atoms with Crippen molar-refractivity contribution in [1.29, 1.82) is 0 Å². The molecular weight excluding hydrogens is 202 g/mol. The van der Waals surface area contributed by atoms with Gasteiger partial charge in [-0.2, -0.15) is 0 Å². The lowest BCUT2D eigenvalue weighted by Gasteiger charge is -2.17. The summed E-state index contributed by atoms with van der Waals surface area (Å²) >= 11 is 0. The van der Waals surface area contributed by atoms with Gasteiger partial charge >= 0.3 is 0 Å². The maximum atomic E-state index is 5.01. The quantitative estimate of drug-likeness (QED) is 0.691. The van der Waals surface area contributed by atoms with Crippen molar-refractivity contribution in [3.8, 4) is 0 Å². The average Bonchev–Trinajstić information content (AvgIpc) is 2.75. The van der Waals surface area contributed by atoms with Gasteiger partial charge in [0, 0.05) is 38.7 Å². The van der Waals surface area contributed by atoms with Gasteiger partial charge in [0.05, 0.1) is 0 Å². The molecule has 0 aliphatic heterocycles. The Labute approximate surface area is 98.0 Å². The normalized spacial score (nSPS) is 11.0. The fraction of sp³-hybridized carbons (Fsp3) is 0.750. The van der Waals surface area contributed by atoms with E-state index in [4.69, 9.17) is 4.74 Å². The van der Waals surface area contributed by atoms with Gasteiger partial charge in [-0.3, -0.25) is 0 Å². The van der Waals surface area contributed by atoms with E-state index in [1.54, 1.807) is 7.11 Å². The van der Waals surface area contributed by atoms with Crippen molar-refractivity contribution in [2.45, 2.75) is 39.2 Å². The molecule has 92 valence electrons. The Balaban J connectivity index is 2.49. The van der Waals surface area contributed by atoms with Crippen LogP contribution in [0.1, 0.15) is 39.2 Å². The van der Waals surface area contributed by atoms with Crippen molar-refractivity contribution in [2.24, 2.45) is 0 Å². The number of anilines is 1. The van der Waals surface area contributed by atoms with Crippen LogP contribution in [0.4, 0.5) is 5.95 Å². The SMILES string of the molecule is CCC(CC)n1ccnc1NCCCOC. The molecule has 0 spiro atoms. The number of ether oxygens (including phenoxy) is 1. The smallest absolute Gasteiger partial charge is 0.203 e. The molecule has 1 rings (SSSR count). The molecule has 0 aliphatic rings. The highest BCUT2D eigenvalue weighted by atomic mass is 16.5. The summed E-state index contributed by atoms with van der Waals surface area (Å²) in [5, 5.41) is 3.35. The molecule has 1 N–H and O–H groups in total. The van der Waals surface area contributed by atoms with Crippen LogP contribution < -0.4 is 5.32 Å². The molecule has 0 unspecified atom stereocenters. The molecule has 4 heteroatoms. The lowest BCUT2D eigenvalue weighted by Crippen LogP contribution is -2.13. The largest absolute Gasteiger partial charge is 0.385 e. The second-order valence-electron chi connectivity index (χ2n) is 3.90. The molecule has 0 amide bonds. The lowest BCUT2D eigenvalue weighted by molar-refractivity contribution is 0.197. The van der Waals surface area contributed by atoms with Gasteiger partial charge in [-0.1, -0.05) is 13.8 Å². The van der Waals surface area contributed by atoms with Crippen molar-refractivity contribution in [1.82, 2.24) is 9.55 Å². The molecule has 0 fully saturated rings. The molecule has 4 nitrogen and oxygen atoms in total. The second kappa shape index (κ2) is 7.28. The molecule has 0 atom stereocenters. The molecule has 1 aromatic rings. The Hall–Kier alpha value is -1.03. The van der Waals surface area contributed by atoms with Crippen LogP contribution in [-0.2, 0) is 4.74 Å². The molecule has 0 radical (unpaired) electrons. The molecule has 0 aromatic carbocycles. The number of hydrogen-bond donors (Lipinski definition) is 1. The Kier molecular flexibility index (Phi) is 5.93. The Bertz CT molecular complexity index is 282. The van der Waals surface area contributed by atoms with E-state index in [2.05, 4.69) is 34.9 Å². The minimum atomic E-state index is 0.549. The van der Waals surface area contributed by atoms with Crippen LogP contribution >= 0.6 is 0 Å². The summed E-state index contributed by atoms with van der Waals surface area (Å²) in [7, 11) is 1.73. The van der Waals surface area contributed by atoms with Crippen LogP contribution in [0.3, 0.4) is 0 Å². The van der Waals surface area contributed by atoms with Gasteiger partial charge < -0.3 is 14.6 Å². The fourth-order valence-electron chi connectivity index (χ4n) is 1.84. The number of aromatic nitrogens is 2. The number of methoxy groups -OCH3 is 1. The minimum Gasteiger partial charge on any atom is -0.385 e. The lowest BCUT2D eigenvalue weighted by atomic mass is 10.2. The van der Waals surface area contributed by atoms with E-state index in [0.29, 0.717) is 6.04 Å². The van der Waals surface area contributed by atoms with E-state index >= 15 is 0 Å².